The highest BCUT2D eigenvalue weighted by atomic mass is 35.5. The van der Waals surface area contributed by atoms with E-state index in [0.717, 1.165) is 22.4 Å². The molecular formula is C21H20ClN5O3. The van der Waals surface area contributed by atoms with Gasteiger partial charge in [-0.3, -0.25) is 0 Å². The van der Waals surface area contributed by atoms with Gasteiger partial charge in [-0.25, -0.2) is 15.0 Å². The summed E-state index contributed by atoms with van der Waals surface area (Å²) in [7, 11) is 5.09. The summed E-state index contributed by atoms with van der Waals surface area (Å²) >= 11 is 6.38. The lowest BCUT2D eigenvalue weighted by Crippen LogP contribution is -2.03. The predicted octanol–water partition coefficient (Wildman–Crippen LogP) is 4.36. The minimum absolute atomic E-state index is 0.328. The van der Waals surface area contributed by atoms with Crippen molar-refractivity contribution in [2.24, 2.45) is 7.05 Å². The summed E-state index contributed by atoms with van der Waals surface area (Å²) < 4.78 is 18.3. The monoisotopic (exact) mass is 425 g/mol. The molecule has 2 heterocycles. The van der Waals surface area contributed by atoms with E-state index in [9.17, 15) is 0 Å². The highest BCUT2D eigenvalue weighted by Gasteiger charge is 2.10. The summed E-state index contributed by atoms with van der Waals surface area (Å²) in [5, 5.41) is 4.47. The van der Waals surface area contributed by atoms with Crippen LogP contribution in [0.15, 0.2) is 48.9 Å². The molecule has 0 bridgehead atoms. The summed E-state index contributed by atoms with van der Waals surface area (Å²) in [6, 6.07) is 9.05. The van der Waals surface area contributed by atoms with Crippen molar-refractivity contribution in [3.63, 3.8) is 0 Å². The average molecular weight is 426 g/mol. The van der Waals surface area contributed by atoms with Gasteiger partial charge in [-0.15, -0.1) is 0 Å². The minimum atomic E-state index is 0.328. The molecule has 4 aromatic rings. The normalized spacial score (nSPS) is 10.8. The van der Waals surface area contributed by atoms with E-state index in [-0.39, 0.29) is 0 Å². The number of fused-ring (bicyclic) bond motifs is 1. The number of halogens is 1. The zero-order chi connectivity index (χ0) is 21.1. The molecule has 0 fully saturated rings. The molecule has 8 nitrogen and oxygen atoms in total. The van der Waals surface area contributed by atoms with Crippen molar-refractivity contribution in [1.29, 1.82) is 0 Å². The molecule has 0 saturated heterocycles. The fourth-order valence-electron chi connectivity index (χ4n) is 2.92. The van der Waals surface area contributed by atoms with E-state index in [0.29, 0.717) is 34.8 Å². The molecule has 0 saturated carbocycles. The Morgan fingerprint density at radius 3 is 2.53 bits per heavy atom. The molecule has 0 unspecified atom stereocenters. The lowest BCUT2D eigenvalue weighted by atomic mass is 10.2. The molecule has 0 amide bonds. The summed E-state index contributed by atoms with van der Waals surface area (Å²) in [5.41, 5.74) is 1.47. The average Bonchev–Trinajstić information content (AvgIpc) is 3.16. The topological polar surface area (TPSA) is 83.3 Å². The van der Waals surface area contributed by atoms with Crippen molar-refractivity contribution in [2.45, 2.75) is 6.61 Å². The molecule has 9 heteroatoms. The lowest BCUT2D eigenvalue weighted by Gasteiger charge is -2.11. The summed E-state index contributed by atoms with van der Waals surface area (Å²) in [5.74, 6) is 3.05. The number of nitrogens with one attached hydrogen (secondary N) is 1. The van der Waals surface area contributed by atoms with Crippen LogP contribution in [0, 0.1) is 0 Å². The van der Waals surface area contributed by atoms with Gasteiger partial charge in [0.1, 0.15) is 18.2 Å². The van der Waals surface area contributed by atoms with E-state index in [1.165, 1.54) is 0 Å². The van der Waals surface area contributed by atoms with Crippen LogP contribution in [0.25, 0.3) is 10.9 Å². The third kappa shape index (κ3) is 4.08. The number of rotatable bonds is 7. The van der Waals surface area contributed by atoms with Gasteiger partial charge in [0.25, 0.3) is 0 Å². The first-order valence-electron chi connectivity index (χ1n) is 9.11. The molecule has 2 aromatic heterocycles. The fourth-order valence-corrected chi connectivity index (χ4v) is 3.16. The third-order valence-electron chi connectivity index (χ3n) is 4.55. The predicted molar refractivity (Wildman–Crippen MR) is 115 cm³/mol. The molecule has 0 aliphatic carbocycles. The van der Waals surface area contributed by atoms with E-state index >= 15 is 0 Å². The fraction of sp³-hybridized carbons (Fsp3) is 0.190. The Labute approximate surface area is 178 Å². The number of hydrogen-bond acceptors (Lipinski definition) is 7. The second-order valence-electron chi connectivity index (χ2n) is 6.47. The van der Waals surface area contributed by atoms with Crippen molar-refractivity contribution in [1.82, 2.24) is 19.5 Å². The number of ether oxygens (including phenoxy) is 3. The molecule has 0 aliphatic heterocycles. The van der Waals surface area contributed by atoms with Gasteiger partial charge in [-0.05, 0) is 24.3 Å². The summed E-state index contributed by atoms with van der Waals surface area (Å²) in [6.07, 6.45) is 5.31. The van der Waals surface area contributed by atoms with Crippen LogP contribution < -0.4 is 19.5 Å². The first-order valence-corrected chi connectivity index (χ1v) is 9.49. The van der Waals surface area contributed by atoms with Crippen LogP contribution in [-0.2, 0) is 13.7 Å². The van der Waals surface area contributed by atoms with Gasteiger partial charge in [0, 0.05) is 42.8 Å². The Morgan fingerprint density at radius 2 is 1.83 bits per heavy atom. The molecule has 0 atom stereocenters. The zero-order valence-electron chi connectivity index (χ0n) is 16.7. The van der Waals surface area contributed by atoms with Gasteiger partial charge >= 0.3 is 0 Å². The first-order chi connectivity index (χ1) is 14.6. The van der Waals surface area contributed by atoms with Gasteiger partial charge in [0.15, 0.2) is 11.5 Å². The highest BCUT2D eigenvalue weighted by molar-refractivity contribution is 6.32. The SMILES string of the molecule is COc1cc2cnc(Nc3ccc(OCc4nccn4C)c(Cl)c3)nc2cc1OC. The minimum Gasteiger partial charge on any atom is -0.493 e. The van der Waals surface area contributed by atoms with E-state index < -0.39 is 0 Å². The van der Waals surface area contributed by atoms with Gasteiger partial charge < -0.3 is 24.1 Å². The van der Waals surface area contributed by atoms with E-state index in [2.05, 4.69) is 20.3 Å². The van der Waals surface area contributed by atoms with E-state index in [1.807, 2.05) is 36.0 Å². The molecular weight excluding hydrogens is 406 g/mol. The Hall–Kier alpha value is -3.52. The molecule has 30 heavy (non-hydrogen) atoms. The number of benzene rings is 2. The number of imidazole rings is 1. The summed E-state index contributed by atoms with van der Waals surface area (Å²) in [6.45, 7) is 0.328. The maximum absolute atomic E-state index is 6.38. The Bertz CT molecular complexity index is 1190. The summed E-state index contributed by atoms with van der Waals surface area (Å²) in [4.78, 5) is 13.1. The van der Waals surface area contributed by atoms with Crippen molar-refractivity contribution in [3.8, 4) is 17.2 Å². The Morgan fingerprint density at radius 1 is 1.03 bits per heavy atom. The zero-order valence-corrected chi connectivity index (χ0v) is 17.5. The van der Waals surface area contributed by atoms with Crippen LogP contribution >= 0.6 is 11.6 Å². The number of aryl methyl sites for hydroxylation is 1. The number of nitrogens with zero attached hydrogens (tertiary/aromatic N) is 4. The van der Waals surface area contributed by atoms with Gasteiger partial charge in [-0.1, -0.05) is 11.6 Å². The number of methoxy groups -OCH3 is 2. The van der Waals surface area contributed by atoms with Crippen LogP contribution in [0.4, 0.5) is 11.6 Å². The smallest absolute Gasteiger partial charge is 0.227 e. The van der Waals surface area contributed by atoms with Gasteiger partial charge in [-0.2, -0.15) is 0 Å². The molecule has 0 aliphatic rings. The molecule has 154 valence electrons. The second kappa shape index (κ2) is 8.46. The number of aromatic nitrogens is 4. The van der Waals surface area contributed by atoms with E-state index in [1.54, 1.807) is 38.7 Å². The van der Waals surface area contributed by atoms with Crippen LogP contribution in [0.1, 0.15) is 5.82 Å². The van der Waals surface area contributed by atoms with Gasteiger partial charge in [0.05, 0.1) is 24.8 Å². The van der Waals surface area contributed by atoms with Gasteiger partial charge in [0.2, 0.25) is 5.95 Å². The first kappa shape index (κ1) is 19.8. The van der Waals surface area contributed by atoms with Crippen LogP contribution in [0.3, 0.4) is 0 Å². The number of hydrogen-bond donors (Lipinski definition) is 1. The Kier molecular flexibility index (Phi) is 5.58. The largest absolute Gasteiger partial charge is 0.493 e. The second-order valence-corrected chi connectivity index (χ2v) is 6.88. The molecule has 4 rings (SSSR count). The molecule has 0 spiro atoms. The standard InChI is InChI=1S/C21H20ClN5O3/c1-27-7-6-23-20(27)12-30-17-5-4-14(9-15(17)22)25-21-24-11-13-8-18(28-2)19(29-3)10-16(13)26-21/h4-11H,12H2,1-3H3,(H,24,25,26). The molecule has 1 N–H and O–H groups in total. The maximum Gasteiger partial charge on any atom is 0.227 e. The lowest BCUT2D eigenvalue weighted by molar-refractivity contribution is 0.292. The van der Waals surface area contributed by atoms with Crippen molar-refractivity contribution in [3.05, 3.63) is 59.8 Å². The number of anilines is 2. The van der Waals surface area contributed by atoms with Crippen molar-refractivity contribution < 1.29 is 14.2 Å². The van der Waals surface area contributed by atoms with Crippen molar-refractivity contribution >= 4 is 34.1 Å². The van der Waals surface area contributed by atoms with Crippen LogP contribution in [0.5, 0.6) is 17.2 Å². The highest BCUT2D eigenvalue weighted by Crippen LogP contribution is 2.32. The maximum atomic E-state index is 6.38. The third-order valence-corrected chi connectivity index (χ3v) is 4.85. The van der Waals surface area contributed by atoms with E-state index in [4.69, 9.17) is 25.8 Å². The van der Waals surface area contributed by atoms with Crippen LogP contribution in [0.2, 0.25) is 5.02 Å². The van der Waals surface area contributed by atoms with Crippen LogP contribution in [-0.4, -0.2) is 33.7 Å². The molecule has 2 aromatic carbocycles. The molecule has 0 radical (unpaired) electrons. The quantitative estimate of drug-likeness (QED) is 0.471. The Balaban J connectivity index is 1.51. The van der Waals surface area contributed by atoms with Crippen molar-refractivity contribution in [2.75, 3.05) is 19.5 Å².